The van der Waals surface area contributed by atoms with Crippen LogP contribution in [0, 0.1) is 0 Å². The van der Waals surface area contributed by atoms with E-state index in [1.165, 1.54) is 0 Å². The van der Waals surface area contributed by atoms with Gasteiger partial charge in [0.1, 0.15) is 6.61 Å². The minimum absolute atomic E-state index is 0.101. The molecule has 0 saturated carbocycles. The van der Waals surface area contributed by atoms with Gasteiger partial charge in [-0.15, -0.1) is 0 Å². The van der Waals surface area contributed by atoms with Crippen molar-refractivity contribution in [3.05, 3.63) is 48.0 Å². The first-order chi connectivity index (χ1) is 11.3. The number of para-hydroxylation sites is 3. The number of rotatable bonds is 5. The summed E-state index contributed by atoms with van der Waals surface area (Å²) in [5.41, 5.74) is 0.619. The standard InChI is InChI=1S/C18H19NO4/c1-2-21-17-9-5-6-13(18(17)20)10-19-11-14-12-22-15-7-3-4-8-16(15)23-14/h3-10,14,20H,2,11-12H2,1H3/t14-/m0/s1. The summed E-state index contributed by atoms with van der Waals surface area (Å²) >= 11 is 0. The number of nitrogens with zero attached hydrogens (tertiary/aromatic N) is 1. The van der Waals surface area contributed by atoms with Gasteiger partial charge in [0.15, 0.2) is 29.1 Å². The quantitative estimate of drug-likeness (QED) is 0.862. The highest BCUT2D eigenvalue weighted by molar-refractivity contribution is 5.84. The molecule has 5 heteroatoms. The Hall–Kier alpha value is -2.69. The minimum Gasteiger partial charge on any atom is -0.504 e. The molecule has 0 unspecified atom stereocenters. The van der Waals surface area contributed by atoms with E-state index in [1.54, 1.807) is 18.3 Å². The Labute approximate surface area is 135 Å². The number of benzene rings is 2. The van der Waals surface area contributed by atoms with Crippen molar-refractivity contribution in [1.29, 1.82) is 0 Å². The van der Waals surface area contributed by atoms with E-state index in [0.29, 0.717) is 31.1 Å². The van der Waals surface area contributed by atoms with Crippen LogP contribution >= 0.6 is 0 Å². The topological polar surface area (TPSA) is 60.3 Å². The van der Waals surface area contributed by atoms with Crippen LogP contribution in [0.5, 0.6) is 23.0 Å². The van der Waals surface area contributed by atoms with Crippen molar-refractivity contribution in [2.45, 2.75) is 13.0 Å². The van der Waals surface area contributed by atoms with Gasteiger partial charge in [0.25, 0.3) is 0 Å². The first-order valence-electron chi connectivity index (χ1n) is 7.61. The lowest BCUT2D eigenvalue weighted by atomic mass is 10.2. The first-order valence-corrected chi connectivity index (χ1v) is 7.61. The lowest BCUT2D eigenvalue weighted by molar-refractivity contribution is 0.0973. The number of fused-ring (bicyclic) bond motifs is 1. The zero-order valence-electron chi connectivity index (χ0n) is 12.9. The Bertz CT molecular complexity index is 699. The number of hydrogen-bond acceptors (Lipinski definition) is 5. The van der Waals surface area contributed by atoms with Gasteiger partial charge >= 0.3 is 0 Å². The van der Waals surface area contributed by atoms with Crippen LogP contribution < -0.4 is 14.2 Å². The summed E-state index contributed by atoms with van der Waals surface area (Å²) in [7, 11) is 0. The molecule has 5 nitrogen and oxygen atoms in total. The van der Waals surface area contributed by atoms with E-state index in [-0.39, 0.29) is 11.9 Å². The predicted molar refractivity (Wildman–Crippen MR) is 88.1 cm³/mol. The summed E-state index contributed by atoms with van der Waals surface area (Å²) in [6.45, 7) is 3.28. The third-order valence-corrected chi connectivity index (χ3v) is 3.44. The molecule has 0 saturated heterocycles. The Morgan fingerprint density at radius 3 is 2.87 bits per heavy atom. The van der Waals surface area contributed by atoms with E-state index in [1.807, 2.05) is 37.3 Å². The molecule has 0 aromatic heterocycles. The second-order valence-corrected chi connectivity index (χ2v) is 5.12. The van der Waals surface area contributed by atoms with Crippen molar-refractivity contribution in [1.82, 2.24) is 0 Å². The fourth-order valence-electron chi connectivity index (χ4n) is 2.34. The third kappa shape index (κ3) is 3.56. The van der Waals surface area contributed by atoms with E-state index in [2.05, 4.69) is 4.99 Å². The molecular weight excluding hydrogens is 294 g/mol. The number of phenols is 1. The zero-order valence-corrected chi connectivity index (χ0v) is 12.9. The monoisotopic (exact) mass is 313 g/mol. The van der Waals surface area contributed by atoms with Crippen molar-refractivity contribution in [3.8, 4) is 23.0 Å². The van der Waals surface area contributed by atoms with E-state index in [9.17, 15) is 5.11 Å². The molecule has 0 amide bonds. The molecule has 120 valence electrons. The molecule has 0 fully saturated rings. The summed E-state index contributed by atoms with van der Waals surface area (Å²) < 4.78 is 16.8. The fraction of sp³-hybridized carbons (Fsp3) is 0.278. The maximum absolute atomic E-state index is 10.1. The van der Waals surface area contributed by atoms with Gasteiger partial charge in [-0.25, -0.2) is 0 Å². The van der Waals surface area contributed by atoms with E-state index in [0.717, 1.165) is 11.5 Å². The highest BCUT2D eigenvalue weighted by atomic mass is 16.6. The number of ether oxygens (including phenoxy) is 3. The molecule has 0 spiro atoms. The second-order valence-electron chi connectivity index (χ2n) is 5.12. The van der Waals surface area contributed by atoms with E-state index in [4.69, 9.17) is 14.2 Å². The van der Waals surface area contributed by atoms with Crippen molar-refractivity contribution in [2.75, 3.05) is 19.8 Å². The lowest BCUT2D eigenvalue weighted by Crippen LogP contribution is -2.31. The molecule has 1 atom stereocenters. The first kappa shape index (κ1) is 15.2. The van der Waals surface area contributed by atoms with Gasteiger partial charge in [-0.3, -0.25) is 4.99 Å². The normalized spacial score (nSPS) is 16.5. The van der Waals surface area contributed by atoms with Crippen LogP contribution in [0.2, 0.25) is 0 Å². The molecule has 1 aliphatic rings. The van der Waals surface area contributed by atoms with Gasteiger partial charge in [0.2, 0.25) is 0 Å². The molecule has 1 N–H and O–H groups in total. The Kier molecular flexibility index (Phi) is 4.66. The Balaban J connectivity index is 1.63. The summed E-state index contributed by atoms with van der Waals surface area (Å²) in [5.74, 6) is 2.06. The summed E-state index contributed by atoms with van der Waals surface area (Å²) in [6, 6.07) is 12.9. The Morgan fingerprint density at radius 2 is 2.04 bits per heavy atom. The van der Waals surface area contributed by atoms with E-state index < -0.39 is 0 Å². The predicted octanol–water partition coefficient (Wildman–Crippen LogP) is 3.05. The molecule has 0 bridgehead atoms. The molecule has 2 aromatic carbocycles. The summed E-state index contributed by atoms with van der Waals surface area (Å²) in [4.78, 5) is 4.35. The molecule has 2 aromatic rings. The van der Waals surface area contributed by atoms with Crippen LogP contribution in [0.15, 0.2) is 47.5 Å². The smallest absolute Gasteiger partial charge is 0.166 e. The SMILES string of the molecule is CCOc1cccc(C=NC[C@H]2COc3ccccc3O2)c1O. The van der Waals surface area contributed by atoms with Crippen LogP contribution in [0.3, 0.4) is 0 Å². The number of aromatic hydroxyl groups is 1. The fourth-order valence-corrected chi connectivity index (χ4v) is 2.34. The largest absolute Gasteiger partial charge is 0.504 e. The molecule has 23 heavy (non-hydrogen) atoms. The van der Waals surface area contributed by atoms with Crippen molar-refractivity contribution in [3.63, 3.8) is 0 Å². The second kappa shape index (κ2) is 7.05. The maximum atomic E-state index is 10.1. The molecule has 3 rings (SSSR count). The third-order valence-electron chi connectivity index (χ3n) is 3.44. The van der Waals surface area contributed by atoms with Crippen LogP contribution in [-0.4, -0.2) is 37.2 Å². The van der Waals surface area contributed by atoms with Crippen molar-refractivity contribution >= 4 is 6.21 Å². The van der Waals surface area contributed by atoms with Gasteiger partial charge in [-0.05, 0) is 31.2 Å². The average molecular weight is 313 g/mol. The number of hydrogen-bond donors (Lipinski definition) is 1. The molecule has 0 aliphatic carbocycles. The molecule has 0 radical (unpaired) electrons. The minimum atomic E-state index is -0.140. The average Bonchev–Trinajstić information content (AvgIpc) is 2.58. The number of phenolic OH excluding ortho intramolecular Hbond substituents is 1. The summed E-state index contributed by atoms with van der Waals surface area (Å²) in [5, 5.41) is 10.1. The number of aliphatic imine (C=N–C) groups is 1. The van der Waals surface area contributed by atoms with E-state index >= 15 is 0 Å². The van der Waals surface area contributed by atoms with Gasteiger partial charge in [-0.1, -0.05) is 18.2 Å². The van der Waals surface area contributed by atoms with Gasteiger partial charge < -0.3 is 19.3 Å². The lowest BCUT2D eigenvalue weighted by Gasteiger charge is -2.25. The molecular formula is C18H19NO4. The van der Waals surface area contributed by atoms with Gasteiger partial charge in [0, 0.05) is 11.8 Å². The van der Waals surface area contributed by atoms with Crippen LogP contribution in [-0.2, 0) is 0 Å². The summed E-state index contributed by atoms with van der Waals surface area (Å²) in [6.07, 6.45) is 1.49. The molecule has 1 heterocycles. The highest BCUT2D eigenvalue weighted by Gasteiger charge is 2.19. The zero-order chi connectivity index (χ0) is 16.1. The molecule has 1 aliphatic heterocycles. The van der Waals surface area contributed by atoms with Crippen molar-refractivity contribution in [2.24, 2.45) is 4.99 Å². The van der Waals surface area contributed by atoms with Crippen molar-refractivity contribution < 1.29 is 19.3 Å². The van der Waals surface area contributed by atoms with Gasteiger partial charge in [0.05, 0.1) is 13.2 Å². The van der Waals surface area contributed by atoms with Crippen LogP contribution in [0.1, 0.15) is 12.5 Å². The van der Waals surface area contributed by atoms with Gasteiger partial charge in [-0.2, -0.15) is 0 Å². The Morgan fingerprint density at radius 1 is 1.22 bits per heavy atom. The highest BCUT2D eigenvalue weighted by Crippen LogP contribution is 2.31. The maximum Gasteiger partial charge on any atom is 0.166 e. The van der Waals surface area contributed by atoms with Crippen LogP contribution in [0.4, 0.5) is 0 Å². The van der Waals surface area contributed by atoms with Crippen LogP contribution in [0.25, 0.3) is 0 Å².